The van der Waals surface area contributed by atoms with Gasteiger partial charge < -0.3 is 20.3 Å². The van der Waals surface area contributed by atoms with Crippen molar-refractivity contribution in [1.82, 2.24) is 15.5 Å². The van der Waals surface area contributed by atoms with Gasteiger partial charge in [-0.1, -0.05) is 19.3 Å². The van der Waals surface area contributed by atoms with Crippen molar-refractivity contribution in [2.45, 2.75) is 76.0 Å². The predicted octanol–water partition coefficient (Wildman–Crippen LogP) is 1.19. The molecule has 3 rings (SSSR count). The van der Waals surface area contributed by atoms with Gasteiger partial charge in [-0.25, -0.2) is 0 Å². The van der Waals surface area contributed by atoms with Crippen molar-refractivity contribution in [3.63, 3.8) is 0 Å². The standard InChI is InChI=1S/C18H31N3O3/c22-17(19-14-5-2-1-3-6-14)18(23)20-15-8-10-21(11-9-15)13-16-7-4-12-24-16/h14-16H,1-13H2,(H,19,22)(H,20,23). The van der Waals surface area contributed by atoms with Crippen LogP contribution in [0.4, 0.5) is 0 Å². The Hall–Kier alpha value is -1.14. The van der Waals surface area contributed by atoms with Crippen LogP contribution in [0.15, 0.2) is 0 Å². The zero-order valence-electron chi connectivity index (χ0n) is 14.6. The van der Waals surface area contributed by atoms with Gasteiger partial charge >= 0.3 is 11.8 Å². The first-order valence-electron chi connectivity index (χ1n) is 9.66. The Kier molecular flexibility index (Phi) is 6.49. The lowest BCUT2D eigenvalue weighted by Crippen LogP contribution is -2.51. The summed E-state index contributed by atoms with van der Waals surface area (Å²) in [6, 6.07) is 0.306. The number of amides is 2. The van der Waals surface area contributed by atoms with E-state index < -0.39 is 11.8 Å². The number of likely N-dealkylation sites (tertiary alicyclic amines) is 1. The Morgan fingerprint density at radius 3 is 2.04 bits per heavy atom. The fraction of sp³-hybridized carbons (Fsp3) is 0.889. The maximum Gasteiger partial charge on any atom is 0.309 e. The molecule has 136 valence electrons. The van der Waals surface area contributed by atoms with Crippen molar-refractivity contribution in [1.29, 1.82) is 0 Å². The highest BCUT2D eigenvalue weighted by molar-refractivity contribution is 6.35. The molecule has 0 aromatic rings. The minimum absolute atomic E-state index is 0.121. The number of nitrogens with one attached hydrogen (secondary N) is 2. The lowest BCUT2D eigenvalue weighted by molar-refractivity contribution is -0.140. The Morgan fingerprint density at radius 1 is 0.833 bits per heavy atom. The molecule has 3 fully saturated rings. The largest absolute Gasteiger partial charge is 0.377 e. The van der Waals surface area contributed by atoms with Crippen molar-refractivity contribution < 1.29 is 14.3 Å². The van der Waals surface area contributed by atoms with Gasteiger partial charge in [-0.05, 0) is 38.5 Å². The molecule has 3 aliphatic rings. The monoisotopic (exact) mass is 337 g/mol. The van der Waals surface area contributed by atoms with E-state index in [0.717, 1.165) is 71.2 Å². The lowest BCUT2D eigenvalue weighted by atomic mass is 9.95. The molecular weight excluding hydrogens is 306 g/mol. The van der Waals surface area contributed by atoms with E-state index >= 15 is 0 Å². The third-order valence-corrected chi connectivity index (χ3v) is 5.56. The van der Waals surface area contributed by atoms with Crippen molar-refractivity contribution in [3.8, 4) is 0 Å². The molecule has 0 spiro atoms. The Morgan fingerprint density at radius 2 is 1.46 bits per heavy atom. The highest BCUT2D eigenvalue weighted by Gasteiger charge is 2.27. The van der Waals surface area contributed by atoms with E-state index in [2.05, 4.69) is 15.5 Å². The van der Waals surface area contributed by atoms with Gasteiger partial charge in [0.15, 0.2) is 0 Å². The molecule has 0 bridgehead atoms. The summed E-state index contributed by atoms with van der Waals surface area (Å²) in [7, 11) is 0. The second kappa shape index (κ2) is 8.81. The molecule has 24 heavy (non-hydrogen) atoms. The average molecular weight is 337 g/mol. The van der Waals surface area contributed by atoms with Gasteiger partial charge in [0.25, 0.3) is 0 Å². The molecule has 1 atom stereocenters. The third-order valence-electron chi connectivity index (χ3n) is 5.56. The molecule has 0 aromatic heterocycles. The van der Waals surface area contributed by atoms with Gasteiger partial charge in [-0.15, -0.1) is 0 Å². The summed E-state index contributed by atoms with van der Waals surface area (Å²) in [5.41, 5.74) is 0. The highest BCUT2D eigenvalue weighted by atomic mass is 16.5. The number of piperidine rings is 1. The maximum atomic E-state index is 12.1. The maximum absolute atomic E-state index is 12.1. The quantitative estimate of drug-likeness (QED) is 0.756. The number of ether oxygens (including phenoxy) is 1. The topological polar surface area (TPSA) is 70.7 Å². The molecule has 6 nitrogen and oxygen atoms in total. The van der Waals surface area contributed by atoms with E-state index in [0.29, 0.717) is 6.10 Å². The van der Waals surface area contributed by atoms with Crippen molar-refractivity contribution in [2.75, 3.05) is 26.2 Å². The summed E-state index contributed by atoms with van der Waals surface area (Å²) in [5.74, 6) is -0.915. The van der Waals surface area contributed by atoms with Crippen LogP contribution in [0.2, 0.25) is 0 Å². The lowest BCUT2D eigenvalue weighted by Gasteiger charge is -2.33. The van der Waals surface area contributed by atoms with Gasteiger partial charge in [0.05, 0.1) is 6.10 Å². The van der Waals surface area contributed by atoms with Crippen molar-refractivity contribution in [2.24, 2.45) is 0 Å². The molecular formula is C18H31N3O3. The second-order valence-corrected chi connectivity index (χ2v) is 7.49. The first-order valence-corrected chi connectivity index (χ1v) is 9.66. The van der Waals surface area contributed by atoms with Gasteiger partial charge in [-0.2, -0.15) is 0 Å². The van der Waals surface area contributed by atoms with E-state index in [-0.39, 0.29) is 12.1 Å². The fourth-order valence-electron chi connectivity index (χ4n) is 4.08. The van der Waals surface area contributed by atoms with Crippen LogP contribution in [0.25, 0.3) is 0 Å². The summed E-state index contributed by atoms with van der Waals surface area (Å²) in [4.78, 5) is 26.5. The normalized spacial score (nSPS) is 27.1. The van der Waals surface area contributed by atoms with Gasteiger partial charge in [-0.3, -0.25) is 9.59 Å². The van der Waals surface area contributed by atoms with Crippen LogP contribution in [-0.2, 0) is 14.3 Å². The Balaban J connectivity index is 1.34. The van der Waals surface area contributed by atoms with Crippen molar-refractivity contribution in [3.05, 3.63) is 0 Å². The van der Waals surface area contributed by atoms with E-state index in [9.17, 15) is 9.59 Å². The predicted molar refractivity (Wildman–Crippen MR) is 91.6 cm³/mol. The summed E-state index contributed by atoms with van der Waals surface area (Å²) in [6.07, 6.45) is 10.1. The summed E-state index contributed by atoms with van der Waals surface area (Å²) in [5, 5.41) is 5.80. The molecule has 2 heterocycles. The smallest absolute Gasteiger partial charge is 0.309 e. The van der Waals surface area contributed by atoms with Crippen LogP contribution in [0, 0.1) is 0 Å². The molecule has 2 N–H and O–H groups in total. The SMILES string of the molecule is O=C(NC1CCCCC1)C(=O)NC1CCN(CC2CCCO2)CC1. The number of hydrogen-bond donors (Lipinski definition) is 2. The second-order valence-electron chi connectivity index (χ2n) is 7.49. The Bertz CT molecular complexity index is 423. The molecule has 1 saturated carbocycles. The van der Waals surface area contributed by atoms with Crippen LogP contribution < -0.4 is 10.6 Å². The summed E-state index contributed by atoms with van der Waals surface area (Å²) >= 11 is 0. The average Bonchev–Trinajstić information content (AvgIpc) is 3.10. The van der Waals surface area contributed by atoms with Gasteiger partial charge in [0.2, 0.25) is 0 Å². The zero-order valence-corrected chi connectivity index (χ0v) is 14.6. The first kappa shape index (κ1) is 17.7. The van der Waals surface area contributed by atoms with Crippen LogP contribution in [0.5, 0.6) is 0 Å². The van der Waals surface area contributed by atoms with E-state index in [1.54, 1.807) is 0 Å². The molecule has 0 aromatic carbocycles. The molecule has 1 aliphatic carbocycles. The number of rotatable bonds is 4. The van der Waals surface area contributed by atoms with Crippen LogP contribution in [0.1, 0.15) is 57.8 Å². The number of hydrogen-bond acceptors (Lipinski definition) is 4. The molecule has 1 unspecified atom stereocenters. The van der Waals surface area contributed by atoms with E-state index in [1.807, 2.05) is 0 Å². The van der Waals surface area contributed by atoms with Crippen LogP contribution >= 0.6 is 0 Å². The first-order chi connectivity index (χ1) is 11.7. The molecule has 2 saturated heterocycles. The fourth-order valence-corrected chi connectivity index (χ4v) is 4.08. The third kappa shape index (κ3) is 5.18. The molecule has 2 aliphatic heterocycles. The Labute approximate surface area is 144 Å². The van der Waals surface area contributed by atoms with E-state index in [1.165, 1.54) is 12.8 Å². The number of carbonyl (C=O) groups excluding carboxylic acids is 2. The van der Waals surface area contributed by atoms with E-state index in [4.69, 9.17) is 4.74 Å². The minimum atomic E-state index is -0.460. The molecule has 2 amide bonds. The number of carbonyl (C=O) groups is 2. The number of nitrogens with zero attached hydrogens (tertiary/aromatic N) is 1. The van der Waals surface area contributed by atoms with Crippen LogP contribution in [-0.4, -0.2) is 61.1 Å². The van der Waals surface area contributed by atoms with Gasteiger partial charge in [0.1, 0.15) is 0 Å². The zero-order chi connectivity index (χ0) is 16.8. The summed E-state index contributed by atoms with van der Waals surface area (Å²) < 4.78 is 5.69. The molecule has 6 heteroatoms. The van der Waals surface area contributed by atoms with Crippen LogP contribution in [0.3, 0.4) is 0 Å². The molecule has 0 radical (unpaired) electrons. The minimum Gasteiger partial charge on any atom is -0.377 e. The van der Waals surface area contributed by atoms with Gasteiger partial charge in [0, 0.05) is 38.3 Å². The highest BCUT2D eigenvalue weighted by Crippen LogP contribution is 2.18. The van der Waals surface area contributed by atoms with Crippen molar-refractivity contribution >= 4 is 11.8 Å². The summed E-state index contributed by atoms with van der Waals surface area (Å²) in [6.45, 7) is 3.83.